The van der Waals surface area contributed by atoms with Gasteiger partial charge in [0.2, 0.25) is 0 Å². The molecule has 1 heterocycles. The number of hydrogen-bond donors (Lipinski definition) is 1. The third-order valence-corrected chi connectivity index (χ3v) is 3.12. The van der Waals surface area contributed by atoms with Crippen molar-refractivity contribution >= 4 is 21.8 Å². The van der Waals surface area contributed by atoms with E-state index < -0.39 is 0 Å². The molecule has 1 atom stereocenters. The summed E-state index contributed by atoms with van der Waals surface area (Å²) in [4.78, 5) is 15.9. The third kappa shape index (κ3) is 3.61. The minimum absolute atomic E-state index is 0.202. The zero-order chi connectivity index (χ0) is 13.8. The Labute approximate surface area is 119 Å². The molecule has 0 spiro atoms. The lowest BCUT2D eigenvalue weighted by atomic mass is 10.1. The van der Waals surface area contributed by atoms with Gasteiger partial charge in [0, 0.05) is 16.9 Å². The van der Waals surface area contributed by atoms with Crippen LogP contribution in [0.1, 0.15) is 28.9 Å². The minimum atomic E-state index is -0.293. The van der Waals surface area contributed by atoms with Gasteiger partial charge < -0.3 is 5.32 Å². The zero-order valence-corrected chi connectivity index (χ0v) is 11.8. The average molecular weight is 323 g/mol. The Kier molecular flexibility index (Phi) is 4.27. The molecular formula is C14H12BrFN2O. The molecule has 0 fully saturated rings. The number of aromatic nitrogens is 1. The summed E-state index contributed by atoms with van der Waals surface area (Å²) >= 11 is 3.27. The molecule has 19 heavy (non-hydrogen) atoms. The highest BCUT2D eigenvalue weighted by atomic mass is 79.9. The van der Waals surface area contributed by atoms with Crippen LogP contribution in [0.4, 0.5) is 4.39 Å². The van der Waals surface area contributed by atoms with Gasteiger partial charge in [-0.3, -0.25) is 9.78 Å². The molecule has 0 aliphatic rings. The lowest BCUT2D eigenvalue weighted by Crippen LogP contribution is -2.26. The molecule has 0 saturated carbocycles. The molecule has 0 unspecified atom stereocenters. The Morgan fingerprint density at radius 3 is 2.63 bits per heavy atom. The van der Waals surface area contributed by atoms with Crippen LogP contribution in [0.5, 0.6) is 0 Å². The van der Waals surface area contributed by atoms with Crippen molar-refractivity contribution in [1.29, 1.82) is 0 Å². The smallest absolute Gasteiger partial charge is 0.253 e. The number of pyridine rings is 1. The Balaban J connectivity index is 2.08. The number of nitrogens with one attached hydrogen (secondary N) is 1. The average Bonchev–Trinajstić information content (AvgIpc) is 2.39. The molecule has 1 N–H and O–H groups in total. The van der Waals surface area contributed by atoms with E-state index in [9.17, 15) is 9.18 Å². The summed E-state index contributed by atoms with van der Waals surface area (Å²) in [6, 6.07) is 7.54. The van der Waals surface area contributed by atoms with Gasteiger partial charge in [-0.2, -0.15) is 0 Å². The van der Waals surface area contributed by atoms with Crippen molar-refractivity contribution in [1.82, 2.24) is 10.3 Å². The molecule has 2 aromatic rings. The maximum absolute atomic E-state index is 12.8. The number of rotatable bonds is 3. The van der Waals surface area contributed by atoms with Crippen LogP contribution in [0.3, 0.4) is 0 Å². The maximum atomic E-state index is 12.8. The first-order valence-electron chi connectivity index (χ1n) is 5.73. The first-order valence-corrected chi connectivity index (χ1v) is 6.52. The Morgan fingerprint density at radius 2 is 2.00 bits per heavy atom. The van der Waals surface area contributed by atoms with Crippen molar-refractivity contribution in [3.8, 4) is 0 Å². The summed E-state index contributed by atoms with van der Waals surface area (Å²) in [5, 5.41) is 2.84. The van der Waals surface area contributed by atoms with Crippen molar-refractivity contribution in [2.75, 3.05) is 0 Å². The molecule has 0 saturated heterocycles. The van der Waals surface area contributed by atoms with Gasteiger partial charge in [-0.15, -0.1) is 0 Å². The van der Waals surface area contributed by atoms with Crippen LogP contribution in [0.15, 0.2) is 47.2 Å². The Hall–Kier alpha value is -1.75. The molecule has 0 radical (unpaired) electrons. The van der Waals surface area contributed by atoms with Gasteiger partial charge in [-0.1, -0.05) is 12.1 Å². The van der Waals surface area contributed by atoms with Crippen molar-refractivity contribution < 1.29 is 9.18 Å². The van der Waals surface area contributed by atoms with Crippen LogP contribution >= 0.6 is 15.9 Å². The van der Waals surface area contributed by atoms with E-state index in [0.717, 1.165) is 10.0 Å². The Morgan fingerprint density at radius 1 is 1.32 bits per heavy atom. The standard InChI is InChI=1S/C14H12BrFN2O/c1-9(10-2-4-13(16)5-3-10)18-14(19)11-6-12(15)8-17-7-11/h2-9H,1H3,(H,18,19)/t9-/m0/s1. The van der Waals surface area contributed by atoms with E-state index in [2.05, 4.69) is 26.2 Å². The van der Waals surface area contributed by atoms with Crippen molar-refractivity contribution in [2.45, 2.75) is 13.0 Å². The van der Waals surface area contributed by atoms with Gasteiger partial charge in [-0.25, -0.2) is 4.39 Å². The second-order valence-corrected chi connectivity index (χ2v) is 5.05. The Bertz CT molecular complexity index is 586. The normalized spacial score (nSPS) is 11.9. The highest BCUT2D eigenvalue weighted by Crippen LogP contribution is 2.15. The van der Waals surface area contributed by atoms with Gasteiger partial charge >= 0.3 is 0 Å². The van der Waals surface area contributed by atoms with Crippen LogP contribution in [-0.2, 0) is 0 Å². The molecule has 2 rings (SSSR count). The van der Waals surface area contributed by atoms with E-state index >= 15 is 0 Å². The molecule has 1 aromatic carbocycles. The summed E-state index contributed by atoms with van der Waals surface area (Å²) in [5.41, 5.74) is 1.32. The van der Waals surface area contributed by atoms with Crippen LogP contribution < -0.4 is 5.32 Å². The number of carbonyl (C=O) groups excluding carboxylic acids is 1. The predicted molar refractivity (Wildman–Crippen MR) is 74.2 cm³/mol. The van der Waals surface area contributed by atoms with E-state index in [0.29, 0.717) is 5.56 Å². The van der Waals surface area contributed by atoms with Crippen molar-refractivity contribution in [2.24, 2.45) is 0 Å². The maximum Gasteiger partial charge on any atom is 0.253 e. The molecule has 1 amide bonds. The quantitative estimate of drug-likeness (QED) is 0.940. The molecule has 5 heteroatoms. The molecule has 3 nitrogen and oxygen atoms in total. The van der Waals surface area contributed by atoms with Gasteiger partial charge in [-0.05, 0) is 46.6 Å². The van der Waals surface area contributed by atoms with E-state index in [1.54, 1.807) is 24.4 Å². The van der Waals surface area contributed by atoms with Gasteiger partial charge in [0.1, 0.15) is 5.82 Å². The highest BCUT2D eigenvalue weighted by molar-refractivity contribution is 9.10. The van der Waals surface area contributed by atoms with E-state index in [-0.39, 0.29) is 17.8 Å². The predicted octanol–water partition coefficient (Wildman–Crippen LogP) is 3.47. The number of benzene rings is 1. The fourth-order valence-corrected chi connectivity index (χ4v) is 2.02. The van der Waals surface area contributed by atoms with E-state index in [4.69, 9.17) is 0 Å². The number of amides is 1. The second-order valence-electron chi connectivity index (χ2n) is 4.14. The molecule has 0 aliphatic heterocycles. The van der Waals surface area contributed by atoms with Crippen molar-refractivity contribution in [3.63, 3.8) is 0 Å². The van der Waals surface area contributed by atoms with Crippen LogP contribution in [-0.4, -0.2) is 10.9 Å². The minimum Gasteiger partial charge on any atom is -0.345 e. The summed E-state index contributed by atoms with van der Waals surface area (Å²) in [6.07, 6.45) is 3.11. The third-order valence-electron chi connectivity index (χ3n) is 2.68. The fourth-order valence-electron chi connectivity index (χ4n) is 1.65. The molecule has 98 valence electrons. The first kappa shape index (κ1) is 13.7. The second kappa shape index (κ2) is 5.93. The lowest BCUT2D eigenvalue weighted by molar-refractivity contribution is 0.0939. The summed E-state index contributed by atoms with van der Waals surface area (Å²) in [6.45, 7) is 1.84. The SMILES string of the molecule is C[C@H](NC(=O)c1cncc(Br)c1)c1ccc(F)cc1. The molecule has 1 aromatic heterocycles. The summed E-state index contributed by atoms with van der Waals surface area (Å²) < 4.78 is 13.6. The van der Waals surface area contributed by atoms with Crippen LogP contribution in [0, 0.1) is 5.82 Å². The summed E-state index contributed by atoms with van der Waals surface area (Å²) in [7, 11) is 0. The van der Waals surface area contributed by atoms with E-state index in [1.807, 2.05) is 6.92 Å². The zero-order valence-electron chi connectivity index (χ0n) is 10.2. The number of carbonyl (C=O) groups is 1. The topological polar surface area (TPSA) is 42.0 Å². The van der Waals surface area contributed by atoms with Gasteiger partial charge in [0.25, 0.3) is 5.91 Å². The first-order chi connectivity index (χ1) is 9.06. The number of hydrogen-bond acceptors (Lipinski definition) is 2. The largest absolute Gasteiger partial charge is 0.345 e. The molecule has 0 bridgehead atoms. The molecule has 0 aliphatic carbocycles. The number of halogens is 2. The fraction of sp³-hybridized carbons (Fsp3) is 0.143. The summed E-state index contributed by atoms with van der Waals surface area (Å²) in [5.74, 6) is -0.510. The van der Waals surface area contributed by atoms with Gasteiger partial charge in [0.15, 0.2) is 0 Å². The highest BCUT2D eigenvalue weighted by Gasteiger charge is 2.12. The van der Waals surface area contributed by atoms with E-state index in [1.165, 1.54) is 18.3 Å². The van der Waals surface area contributed by atoms with Crippen LogP contribution in [0.2, 0.25) is 0 Å². The monoisotopic (exact) mass is 322 g/mol. The molecular weight excluding hydrogens is 311 g/mol. The van der Waals surface area contributed by atoms with Gasteiger partial charge in [0.05, 0.1) is 11.6 Å². The van der Waals surface area contributed by atoms with Crippen molar-refractivity contribution in [3.05, 3.63) is 64.1 Å². The number of nitrogens with zero attached hydrogens (tertiary/aromatic N) is 1. The van der Waals surface area contributed by atoms with Crippen LogP contribution in [0.25, 0.3) is 0 Å². The lowest BCUT2D eigenvalue weighted by Gasteiger charge is -2.14.